The lowest BCUT2D eigenvalue weighted by Gasteiger charge is -2.09. The van der Waals surface area contributed by atoms with Crippen molar-refractivity contribution in [2.75, 3.05) is 25.1 Å². The second-order valence-electron chi connectivity index (χ2n) is 4.39. The summed E-state index contributed by atoms with van der Waals surface area (Å²) in [6.45, 7) is 4.61. The minimum Gasteiger partial charge on any atom is -0.380 e. The zero-order valence-corrected chi connectivity index (χ0v) is 10.5. The molecule has 0 amide bonds. The van der Waals surface area contributed by atoms with Gasteiger partial charge in [-0.05, 0) is 25.7 Å². The average molecular weight is 235 g/mol. The van der Waals surface area contributed by atoms with Crippen molar-refractivity contribution in [1.29, 1.82) is 0 Å². The summed E-state index contributed by atoms with van der Waals surface area (Å²) >= 11 is 0. The van der Waals surface area contributed by atoms with E-state index in [0.29, 0.717) is 0 Å². The van der Waals surface area contributed by atoms with Gasteiger partial charge in [0.15, 0.2) is 0 Å². The van der Waals surface area contributed by atoms with Crippen LogP contribution in [0.4, 0.5) is 5.82 Å². The number of fused-ring (bicyclic) bond motifs is 1. The van der Waals surface area contributed by atoms with Crippen molar-refractivity contribution in [3.63, 3.8) is 0 Å². The molecule has 0 atom stereocenters. The third kappa shape index (κ3) is 3.40. The summed E-state index contributed by atoms with van der Waals surface area (Å²) in [6.07, 6.45) is 7.39. The van der Waals surface area contributed by atoms with E-state index in [2.05, 4.69) is 22.2 Å². The van der Waals surface area contributed by atoms with E-state index < -0.39 is 0 Å². The van der Waals surface area contributed by atoms with Gasteiger partial charge in [-0.2, -0.15) is 0 Å². The number of unbranched alkanes of at least 4 members (excludes halogenated alkanes) is 1. The molecule has 17 heavy (non-hydrogen) atoms. The Labute approximate surface area is 103 Å². The van der Waals surface area contributed by atoms with E-state index in [1.165, 1.54) is 24.1 Å². The number of aromatic nitrogens is 2. The van der Waals surface area contributed by atoms with Crippen LogP contribution in [-0.2, 0) is 17.6 Å². The molecule has 0 radical (unpaired) electrons. The molecule has 2 rings (SSSR count). The van der Waals surface area contributed by atoms with Crippen LogP contribution >= 0.6 is 0 Å². The van der Waals surface area contributed by atoms with Gasteiger partial charge < -0.3 is 10.1 Å². The van der Waals surface area contributed by atoms with Gasteiger partial charge in [-0.3, -0.25) is 0 Å². The fourth-order valence-corrected chi connectivity index (χ4v) is 2.10. The van der Waals surface area contributed by atoms with Crippen molar-refractivity contribution < 1.29 is 4.74 Å². The first-order chi connectivity index (χ1) is 8.42. The first-order valence-electron chi connectivity index (χ1n) is 6.56. The Kier molecular flexibility index (Phi) is 4.74. The number of nitrogens with one attached hydrogen (secondary N) is 1. The first-order valence-corrected chi connectivity index (χ1v) is 6.56. The Morgan fingerprint density at radius 3 is 3.12 bits per heavy atom. The molecule has 0 saturated carbocycles. The molecule has 4 nitrogen and oxygen atoms in total. The number of anilines is 1. The predicted molar refractivity (Wildman–Crippen MR) is 68.3 cm³/mol. The standard InChI is InChI=1S/C13H21N3O/c1-2-3-8-17-9-7-14-13-11-5-4-6-12(11)15-10-16-13/h10H,2-9H2,1H3,(H,14,15,16). The van der Waals surface area contributed by atoms with Gasteiger partial charge in [0.1, 0.15) is 12.1 Å². The molecule has 94 valence electrons. The topological polar surface area (TPSA) is 47.0 Å². The minimum atomic E-state index is 0.749. The zero-order valence-electron chi connectivity index (χ0n) is 10.5. The monoisotopic (exact) mass is 235 g/mol. The number of hydrogen-bond acceptors (Lipinski definition) is 4. The van der Waals surface area contributed by atoms with Crippen LogP contribution in [0.15, 0.2) is 6.33 Å². The highest BCUT2D eigenvalue weighted by atomic mass is 16.5. The Bertz CT molecular complexity index is 355. The first kappa shape index (κ1) is 12.3. The summed E-state index contributed by atoms with van der Waals surface area (Å²) < 4.78 is 5.51. The van der Waals surface area contributed by atoms with Gasteiger partial charge in [0.2, 0.25) is 0 Å². The van der Waals surface area contributed by atoms with Gasteiger partial charge >= 0.3 is 0 Å². The van der Waals surface area contributed by atoms with Crippen molar-refractivity contribution >= 4 is 5.82 Å². The van der Waals surface area contributed by atoms with Crippen molar-refractivity contribution in [2.24, 2.45) is 0 Å². The van der Waals surface area contributed by atoms with Crippen LogP contribution < -0.4 is 5.32 Å². The van der Waals surface area contributed by atoms with Crippen LogP contribution in [0.2, 0.25) is 0 Å². The summed E-state index contributed by atoms with van der Waals surface area (Å²) in [5, 5.41) is 3.35. The molecule has 1 heterocycles. The van der Waals surface area contributed by atoms with Crippen LogP contribution in [0.3, 0.4) is 0 Å². The maximum atomic E-state index is 5.51. The van der Waals surface area contributed by atoms with Crippen LogP contribution in [0.1, 0.15) is 37.4 Å². The van der Waals surface area contributed by atoms with Gasteiger partial charge in [0, 0.05) is 24.4 Å². The van der Waals surface area contributed by atoms with E-state index in [1.54, 1.807) is 6.33 Å². The Morgan fingerprint density at radius 1 is 1.29 bits per heavy atom. The molecule has 1 aromatic rings. The van der Waals surface area contributed by atoms with Crippen LogP contribution in [-0.4, -0.2) is 29.7 Å². The quantitative estimate of drug-likeness (QED) is 0.736. The van der Waals surface area contributed by atoms with E-state index in [-0.39, 0.29) is 0 Å². The van der Waals surface area contributed by atoms with Gasteiger partial charge in [-0.15, -0.1) is 0 Å². The summed E-state index contributed by atoms with van der Waals surface area (Å²) in [7, 11) is 0. The smallest absolute Gasteiger partial charge is 0.132 e. The van der Waals surface area contributed by atoms with Crippen molar-refractivity contribution in [1.82, 2.24) is 9.97 Å². The second-order valence-corrected chi connectivity index (χ2v) is 4.39. The number of rotatable bonds is 7. The van der Waals surface area contributed by atoms with Gasteiger partial charge in [-0.25, -0.2) is 9.97 Å². The van der Waals surface area contributed by atoms with Gasteiger partial charge in [0.05, 0.1) is 6.61 Å². The molecule has 4 heteroatoms. The molecule has 0 bridgehead atoms. The summed E-state index contributed by atoms with van der Waals surface area (Å²) in [6, 6.07) is 0. The predicted octanol–water partition coefficient (Wildman–Crippen LogP) is 2.19. The number of aryl methyl sites for hydroxylation is 1. The Balaban J connectivity index is 1.74. The molecule has 1 aliphatic rings. The van der Waals surface area contributed by atoms with E-state index in [0.717, 1.165) is 44.8 Å². The van der Waals surface area contributed by atoms with Gasteiger partial charge in [-0.1, -0.05) is 13.3 Å². The molecule has 0 aromatic carbocycles. The third-order valence-electron chi connectivity index (χ3n) is 3.06. The molecule has 1 aromatic heterocycles. The second kappa shape index (κ2) is 6.55. The highest BCUT2D eigenvalue weighted by molar-refractivity contribution is 5.47. The fourth-order valence-electron chi connectivity index (χ4n) is 2.10. The van der Waals surface area contributed by atoms with Crippen molar-refractivity contribution in [2.45, 2.75) is 39.0 Å². The van der Waals surface area contributed by atoms with E-state index >= 15 is 0 Å². The summed E-state index contributed by atoms with van der Waals surface area (Å²) in [5.41, 5.74) is 2.52. The lowest BCUT2D eigenvalue weighted by Crippen LogP contribution is -2.12. The molecular weight excluding hydrogens is 214 g/mol. The molecule has 0 fully saturated rings. The third-order valence-corrected chi connectivity index (χ3v) is 3.06. The normalized spacial score (nSPS) is 13.7. The molecule has 1 aliphatic carbocycles. The summed E-state index contributed by atoms with van der Waals surface area (Å²) in [5.74, 6) is 1.01. The van der Waals surface area contributed by atoms with E-state index in [9.17, 15) is 0 Å². The molecule has 0 spiro atoms. The Morgan fingerprint density at radius 2 is 2.24 bits per heavy atom. The maximum absolute atomic E-state index is 5.51. The largest absolute Gasteiger partial charge is 0.380 e. The molecule has 0 aliphatic heterocycles. The average Bonchev–Trinajstić information content (AvgIpc) is 2.82. The minimum absolute atomic E-state index is 0.749. The summed E-state index contributed by atoms with van der Waals surface area (Å²) in [4.78, 5) is 8.61. The molecule has 0 unspecified atom stereocenters. The molecular formula is C13H21N3O. The number of ether oxygens (including phenoxy) is 1. The highest BCUT2D eigenvalue weighted by Gasteiger charge is 2.16. The number of nitrogens with zero attached hydrogens (tertiary/aromatic N) is 2. The van der Waals surface area contributed by atoms with Crippen LogP contribution in [0.5, 0.6) is 0 Å². The molecule has 1 N–H and O–H groups in total. The maximum Gasteiger partial charge on any atom is 0.132 e. The Hall–Kier alpha value is -1.16. The van der Waals surface area contributed by atoms with Crippen molar-refractivity contribution in [3.8, 4) is 0 Å². The van der Waals surface area contributed by atoms with E-state index in [1.807, 2.05) is 0 Å². The van der Waals surface area contributed by atoms with Crippen LogP contribution in [0, 0.1) is 0 Å². The van der Waals surface area contributed by atoms with E-state index in [4.69, 9.17) is 4.74 Å². The zero-order chi connectivity index (χ0) is 11.9. The SMILES string of the molecule is CCCCOCCNc1ncnc2c1CCC2. The van der Waals surface area contributed by atoms with Gasteiger partial charge in [0.25, 0.3) is 0 Å². The highest BCUT2D eigenvalue weighted by Crippen LogP contribution is 2.24. The number of hydrogen-bond donors (Lipinski definition) is 1. The lowest BCUT2D eigenvalue weighted by atomic mass is 10.2. The molecule has 0 saturated heterocycles. The van der Waals surface area contributed by atoms with Crippen molar-refractivity contribution in [3.05, 3.63) is 17.6 Å². The lowest BCUT2D eigenvalue weighted by molar-refractivity contribution is 0.141. The van der Waals surface area contributed by atoms with Crippen LogP contribution in [0.25, 0.3) is 0 Å². The fraction of sp³-hybridized carbons (Fsp3) is 0.692.